The number of methoxy groups -OCH3 is 1. The van der Waals surface area contributed by atoms with E-state index in [9.17, 15) is 4.79 Å². The zero-order valence-electron chi connectivity index (χ0n) is 18.9. The van der Waals surface area contributed by atoms with Crippen molar-refractivity contribution in [3.05, 3.63) is 35.4 Å². The van der Waals surface area contributed by atoms with Gasteiger partial charge in [-0.3, -0.25) is 9.50 Å². The Hall–Kier alpha value is -3.21. The number of carbonyl (C=O) groups is 1. The van der Waals surface area contributed by atoms with Crippen LogP contribution in [0.25, 0.3) is 5.65 Å². The van der Waals surface area contributed by atoms with Crippen molar-refractivity contribution < 1.29 is 18.7 Å². The average Bonchev–Trinajstić information content (AvgIpc) is 3.11. The summed E-state index contributed by atoms with van der Waals surface area (Å²) in [5, 5.41) is 13.2. The van der Waals surface area contributed by atoms with Crippen molar-refractivity contribution in [1.82, 2.24) is 29.9 Å². The summed E-state index contributed by atoms with van der Waals surface area (Å²) < 4.78 is 27.5. The molecule has 0 spiro atoms. The Morgan fingerprint density at radius 1 is 1.33 bits per heavy atom. The maximum Gasteiger partial charge on any atom is 0.407 e. The number of nitrogens with one attached hydrogen (secondary N) is 3. The molecule has 2 fully saturated rings. The highest BCUT2D eigenvalue weighted by Gasteiger charge is 2.43. The van der Waals surface area contributed by atoms with Gasteiger partial charge in [0, 0.05) is 48.3 Å². The normalized spacial score (nSPS) is 23.6. The van der Waals surface area contributed by atoms with Gasteiger partial charge in [-0.15, -0.1) is 0 Å². The fraction of sp³-hybridized carbons (Fsp3) is 0.545. The fourth-order valence-corrected chi connectivity index (χ4v) is 4.27. The number of halogens is 1. The number of ether oxygens (including phenoxy) is 2. The molecule has 2 aliphatic carbocycles. The molecule has 5 rings (SSSR count). The van der Waals surface area contributed by atoms with E-state index in [1.165, 1.54) is 0 Å². The number of aromatic nitrogens is 5. The van der Waals surface area contributed by atoms with Crippen molar-refractivity contribution in [2.45, 2.75) is 69.9 Å². The first-order chi connectivity index (χ1) is 15.8. The third-order valence-corrected chi connectivity index (χ3v) is 6.32. The third-order valence-electron chi connectivity index (χ3n) is 6.32. The van der Waals surface area contributed by atoms with E-state index in [1.54, 1.807) is 13.2 Å². The highest BCUT2D eigenvalue weighted by molar-refractivity contribution is 5.69. The highest BCUT2D eigenvalue weighted by Crippen LogP contribution is 2.39. The second kappa shape index (κ2) is 8.29. The van der Waals surface area contributed by atoms with Gasteiger partial charge in [0.15, 0.2) is 5.82 Å². The van der Waals surface area contributed by atoms with E-state index in [1.807, 2.05) is 30.5 Å². The van der Waals surface area contributed by atoms with Gasteiger partial charge in [0.05, 0.1) is 12.3 Å². The summed E-state index contributed by atoms with van der Waals surface area (Å²) in [7, 11) is 1.62. The number of aryl methyl sites for hydroxylation is 1. The minimum atomic E-state index is -1.30. The lowest BCUT2D eigenvalue weighted by molar-refractivity contribution is 0.0546. The summed E-state index contributed by atoms with van der Waals surface area (Å²) in [5.41, 5.74) is 2.78. The molecule has 1 amide bonds. The van der Waals surface area contributed by atoms with E-state index in [0.29, 0.717) is 36.9 Å². The molecule has 11 heteroatoms. The number of nitrogens with zero attached hydrogens (tertiary/aromatic N) is 4. The topological polar surface area (TPSA) is 118 Å². The first kappa shape index (κ1) is 21.6. The van der Waals surface area contributed by atoms with Gasteiger partial charge in [-0.2, -0.15) is 5.10 Å². The molecule has 10 nitrogen and oxygen atoms in total. The van der Waals surface area contributed by atoms with Crippen molar-refractivity contribution in [1.29, 1.82) is 0 Å². The van der Waals surface area contributed by atoms with Crippen molar-refractivity contribution in [2.75, 3.05) is 12.4 Å². The zero-order chi connectivity index (χ0) is 23.2. The molecule has 3 aromatic heterocycles. The Morgan fingerprint density at radius 3 is 2.91 bits per heavy atom. The van der Waals surface area contributed by atoms with Gasteiger partial charge >= 0.3 is 6.09 Å². The molecular weight excluding hydrogens is 429 g/mol. The molecule has 176 valence electrons. The average molecular weight is 458 g/mol. The van der Waals surface area contributed by atoms with Crippen molar-refractivity contribution in [3.63, 3.8) is 0 Å². The first-order valence-electron chi connectivity index (χ1n) is 11.1. The van der Waals surface area contributed by atoms with Crippen LogP contribution in [0.2, 0.25) is 0 Å². The van der Waals surface area contributed by atoms with Crippen LogP contribution >= 0.6 is 0 Å². The number of carbonyl (C=O) groups excluding carboxylic acids is 1. The number of anilines is 2. The van der Waals surface area contributed by atoms with Crippen LogP contribution in [0.5, 0.6) is 0 Å². The minimum absolute atomic E-state index is 0.195. The van der Waals surface area contributed by atoms with Crippen LogP contribution in [-0.4, -0.2) is 55.6 Å². The fourth-order valence-electron chi connectivity index (χ4n) is 4.27. The van der Waals surface area contributed by atoms with Crippen LogP contribution in [0.3, 0.4) is 0 Å². The number of alkyl halides is 1. The Balaban J connectivity index is 1.27. The molecular formula is C22H28FN7O3. The van der Waals surface area contributed by atoms with E-state index in [2.05, 4.69) is 30.8 Å². The number of rotatable bonds is 7. The molecule has 0 aliphatic heterocycles. The maximum atomic E-state index is 15.1. The monoisotopic (exact) mass is 457 g/mol. The molecule has 0 aromatic carbocycles. The number of H-pyrrole nitrogens is 1. The third kappa shape index (κ3) is 4.50. The van der Waals surface area contributed by atoms with E-state index >= 15 is 4.39 Å². The van der Waals surface area contributed by atoms with Crippen molar-refractivity contribution in [2.24, 2.45) is 0 Å². The van der Waals surface area contributed by atoms with Gasteiger partial charge < -0.3 is 20.1 Å². The van der Waals surface area contributed by atoms with Gasteiger partial charge in [-0.1, -0.05) is 0 Å². The largest absolute Gasteiger partial charge is 0.443 e. The molecule has 3 aromatic rings. The number of hydrogen-bond donors (Lipinski definition) is 3. The van der Waals surface area contributed by atoms with Gasteiger partial charge in [-0.05, 0) is 39.5 Å². The number of aromatic amines is 1. The second-order valence-electron chi connectivity index (χ2n) is 9.21. The van der Waals surface area contributed by atoms with Crippen molar-refractivity contribution in [3.8, 4) is 0 Å². The lowest BCUT2D eigenvalue weighted by atomic mass is 10.0. The smallest absolute Gasteiger partial charge is 0.407 e. The molecule has 3 heterocycles. The molecule has 0 radical (unpaired) electrons. The molecule has 0 saturated heterocycles. The predicted octanol–water partition coefficient (Wildman–Crippen LogP) is 3.51. The van der Waals surface area contributed by atoms with Crippen LogP contribution in [0.1, 0.15) is 55.6 Å². The van der Waals surface area contributed by atoms with E-state index in [4.69, 9.17) is 9.47 Å². The SMILES string of the molecule is COCc1cn2c(Nc3cc([C@H]4CC[C@@H](OC(=O)NC5(C)CC5)[C@H]4F)[nH]n3)nc(C)cc2n1. The summed E-state index contributed by atoms with van der Waals surface area (Å²) in [6, 6.07) is 3.65. The molecule has 3 N–H and O–H groups in total. The Bertz CT molecular complexity index is 1170. The number of alkyl carbamates (subject to hydrolysis) is 1. The summed E-state index contributed by atoms with van der Waals surface area (Å²) in [4.78, 5) is 21.2. The predicted molar refractivity (Wildman–Crippen MR) is 118 cm³/mol. The molecule has 0 bridgehead atoms. The van der Waals surface area contributed by atoms with Gasteiger partial charge in [0.1, 0.15) is 17.9 Å². The number of imidazole rings is 1. The first-order valence-corrected chi connectivity index (χ1v) is 11.1. The van der Waals surface area contributed by atoms with E-state index in [0.717, 1.165) is 29.9 Å². The zero-order valence-corrected chi connectivity index (χ0v) is 18.9. The number of fused-ring (bicyclic) bond motifs is 1. The molecule has 0 unspecified atom stereocenters. The second-order valence-corrected chi connectivity index (χ2v) is 9.21. The van der Waals surface area contributed by atoms with Crippen LogP contribution in [0, 0.1) is 6.92 Å². The van der Waals surface area contributed by atoms with Crippen molar-refractivity contribution >= 4 is 23.5 Å². The Labute approximate surface area is 190 Å². The van der Waals surface area contributed by atoms with Gasteiger partial charge in [-0.25, -0.2) is 19.2 Å². The van der Waals surface area contributed by atoms with Gasteiger partial charge in [0.25, 0.3) is 0 Å². The van der Waals surface area contributed by atoms with E-state index in [-0.39, 0.29) is 5.54 Å². The number of amides is 1. The van der Waals surface area contributed by atoms with E-state index < -0.39 is 24.3 Å². The number of hydrogen-bond acceptors (Lipinski definition) is 7. The quantitative estimate of drug-likeness (QED) is 0.497. The summed E-state index contributed by atoms with van der Waals surface area (Å²) in [6.45, 7) is 4.24. The summed E-state index contributed by atoms with van der Waals surface area (Å²) in [6.07, 6.45) is 2.12. The van der Waals surface area contributed by atoms with Crippen LogP contribution in [0.15, 0.2) is 18.3 Å². The van der Waals surface area contributed by atoms with Crippen LogP contribution in [0.4, 0.5) is 21.0 Å². The molecule has 33 heavy (non-hydrogen) atoms. The molecule has 2 saturated carbocycles. The van der Waals surface area contributed by atoms with Gasteiger partial charge in [0.2, 0.25) is 5.95 Å². The highest BCUT2D eigenvalue weighted by atomic mass is 19.1. The Morgan fingerprint density at radius 2 is 2.15 bits per heavy atom. The lowest BCUT2D eigenvalue weighted by Gasteiger charge is -2.19. The summed E-state index contributed by atoms with van der Waals surface area (Å²) in [5.74, 6) is 0.643. The Kier molecular flexibility index (Phi) is 5.43. The van der Waals surface area contributed by atoms with Crippen LogP contribution in [-0.2, 0) is 16.1 Å². The molecule has 2 aliphatic rings. The lowest BCUT2D eigenvalue weighted by Crippen LogP contribution is -2.38. The maximum absolute atomic E-state index is 15.1. The van der Waals surface area contributed by atoms with Crippen LogP contribution < -0.4 is 10.6 Å². The molecule has 3 atom stereocenters. The standard InChI is InChI=1S/C22H28FN7O3/c1-12-8-18-25-13(11-32-3)10-30(18)20(24-12)26-17-9-15(28-29-17)14-4-5-16(19(14)23)33-21(31)27-22(2)6-7-22/h8-10,14,16,19H,4-7,11H2,1-3H3,(H,27,31)(H2,24,26,28,29)/t14-,16-,19+/m1/s1. The minimum Gasteiger partial charge on any atom is -0.443 e. The summed E-state index contributed by atoms with van der Waals surface area (Å²) >= 11 is 0.